The van der Waals surface area contributed by atoms with Crippen molar-refractivity contribution in [1.29, 1.82) is 0 Å². The average Bonchev–Trinajstić information content (AvgIpc) is 3.29. The molecule has 168 valence electrons. The van der Waals surface area contributed by atoms with Crippen LogP contribution in [0.5, 0.6) is 5.75 Å². The maximum absolute atomic E-state index is 12.9. The van der Waals surface area contributed by atoms with Gasteiger partial charge in [0.1, 0.15) is 5.75 Å². The predicted octanol–water partition coefficient (Wildman–Crippen LogP) is 4.14. The topological polar surface area (TPSA) is 75.7 Å². The molecule has 0 aliphatic carbocycles. The Labute approximate surface area is 185 Å². The fraction of sp³-hybridized carbons (Fsp3) is 0.458. The molecule has 31 heavy (non-hydrogen) atoms. The standard InChI is InChI=1S/C24H32N2O4S/c1-18(2)16-23(20-10-12-22(30-3)13-11-20)25-24(27)21-8-6-19(7-9-21)17-31(28,29)26-14-4-5-15-26/h6-13,18,23H,4-5,14-17H2,1-3H3,(H,25,27)/t23-/m1/s1. The zero-order valence-electron chi connectivity index (χ0n) is 18.5. The normalized spacial score (nSPS) is 15.7. The van der Waals surface area contributed by atoms with E-state index in [-0.39, 0.29) is 17.7 Å². The fourth-order valence-electron chi connectivity index (χ4n) is 3.85. The molecule has 1 amide bonds. The second-order valence-corrected chi connectivity index (χ2v) is 10.5. The Balaban J connectivity index is 1.68. The molecule has 3 rings (SSSR count). The number of nitrogens with zero attached hydrogens (tertiary/aromatic N) is 1. The summed E-state index contributed by atoms with van der Waals surface area (Å²) < 4.78 is 31.8. The van der Waals surface area contributed by atoms with E-state index in [0.29, 0.717) is 30.1 Å². The highest BCUT2D eigenvalue weighted by Gasteiger charge is 2.25. The van der Waals surface area contributed by atoms with Gasteiger partial charge in [0.15, 0.2) is 0 Å². The molecule has 1 atom stereocenters. The Kier molecular flexibility index (Phi) is 7.73. The zero-order chi connectivity index (χ0) is 22.4. The van der Waals surface area contributed by atoms with Crippen molar-refractivity contribution in [2.75, 3.05) is 20.2 Å². The number of hydrogen-bond donors (Lipinski definition) is 1. The van der Waals surface area contributed by atoms with Crippen molar-refractivity contribution in [3.63, 3.8) is 0 Å². The Morgan fingerprint density at radius 3 is 2.19 bits per heavy atom. The highest BCUT2D eigenvalue weighted by molar-refractivity contribution is 7.88. The first-order chi connectivity index (χ1) is 14.8. The lowest BCUT2D eigenvalue weighted by Crippen LogP contribution is -2.30. The Morgan fingerprint density at radius 2 is 1.65 bits per heavy atom. The lowest BCUT2D eigenvalue weighted by atomic mass is 9.96. The van der Waals surface area contributed by atoms with Crippen LogP contribution in [0.2, 0.25) is 0 Å². The summed E-state index contributed by atoms with van der Waals surface area (Å²) >= 11 is 0. The fourth-order valence-corrected chi connectivity index (χ4v) is 5.46. The van der Waals surface area contributed by atoms with E-state index in [2.05, 4.69) is 19.2 Å². The summed E-state index contributed by atoms with van der Waals surface area (Å²) in [7, 11) is -1.67. The molecule has 1 aliphatic heterocycles. The Morgan fingerprint density at radius 1 is 1.03 bits per heavy atom. The third-order valence-electron chi connectivity index (χ3n) is 5.55. The molecule has 2 aromatic carbocycles. The highest BCUT2D eigenvalue weighted by Crippen LogP contribution is 2.24. The van der Waals surface area contributed by atoms with Crippen LogP contribution in [-0.4, -0.2) is 38.8 Å². The van der Waals surface area contributed by atoms with Gasteiger partial charge in [-0.25, -0.2) is 12.7 Å². The van der Waals surface area contributed by atoms with E-state index in [1.807, 2.05) is 24.3 Å². The van der Waals surface area contributed by atoms with Crippen LogP contribution in [-0.2, 0) is 15.8 Å². The molecule has 0 spiro atoms. The van der Waals surface area contributed by atoms with Crippen molar-refractivity contribution in [2.45, 2.75) is 44.9 Å². The SMILES string of the molecule is COc1ccc([C@@H](CC(C)C)NC(=O)c2ccc(CS(=O)(=O)N3CCCC3)cc2)cc1. The Hall–Kier alpha value is -2.38. The molecule has 1 fully saturated rings. The summed E-state index contributed by atoms with van der Waals surface area (Å²) in [5, 5.41) is 3.12. The zero-order valence-corrected chi connectivity index (χ0v) is 19.3. The number of sulfonamides is 1. The van der Waals surface area contributed by atoms with Crippen LogP contribution in [0, 0.1) is 5.92 Å². The smallest absolute Gasteiger partial charge is 0.251 e. The number of nitrogens with one attached hydrogen (secondary N) is 1. The maximum atomic E-state index is 12.9. The van der Waals surface area contributed by atoms with Crippen LogP contribution in [0.4, 0.5) is 0 Å². The minimum absolute atomic E-state index is 0.0310. The summed E-state index contributed by atoms with van der Waals surface area (Å²) in [4.78, 5) is 12.9. The van der Waals surface area contributed by atoms with Gasteiger partial charge in [-0.3, -0.25) is 4.79 Å². The molecule has 1 N–H and O–H groups in total. The molecule has 0 aromatic heterocycles. The van der Waals surface area contributed by atoms with Crippen LogP contribution in [0.15, 0.2) is 48.5 Å². The number of benzene rings is 2. The molecule has 0 bridgehead atoms. The van der Waals surface area contributed by atoms with Crippen LogP contribution in [0.1, 0.15) is 60.6 Å². The summed E-state index contributed by atoms with van der Waals surface area (Å²) in [5.74, 6) is 0.982. The highest BCUT2D eigenvalue weighted by atomic mass is 32.2. The van der Waals surface area contributed by atoms with Gasteiger partial charge in [0.2, 0.25) is 10.0 Å². The summed E-state index contributed by atoms with van der Waals surface area (Å²) in [6, 6.07) is 14.5. The van der Waals surface area contributed by atoms with E-state index in [1.165, 1.54) is 0 Å². The van der Waals surface area contributed by atoms with Crippen LogP contribution in [0.25, 0.3) is 0 Å². The summed E-state index contributed by atoms with van der Waals surface area (Å²) in [6.07, 6.45) is 2.65. The molecule has 2 aromatic rings. The van der Waals surface area contributed by atoms with Gasteiger partial charge in [-0.15, -0.1) is 0 Å². The van der Waals surface area contributed by atoms with Gasteiger partial charge in [-0.05, 0) is 60.6 Å². The number of rotatable bonds is 9. The van der Waals surface area contributed by atoms with Crippen molar-refractivity contribution in [3.05, 3.63) is 65.2 Å². The predicted molar refractivity (Wildman–Crippen MR) is 123 cm³/mol. The second-order valence-electron chi connectivity index (χ2n) is 8.49. The second kappa shape index (κ2) is 10.3. The largest absolute Gasteiger partial charge is 0.497 e. The van der Waals surface area contributed by atoms with E-state index in [9.17, 15) is 13.2 Å². The quantitative estimate of drug-likeness (QED) is 0.631. The molecule has 1 saturated heterocycles. The van der Waals surface area contributed by atoms with E-state index in [4.69, 9.17) is 4.74 Å². The van der Waals surface area contributed by atoms with Gasteiger partial charge >= 0.3 is 0 Å². The first-order valence-electron chi connectivity index (χ1n) is 10.8. The van der Waals surface area contributed by atoms with Crippen molar-refractivity contribution >= 4 is 15.9 Å². The molecular formula is C24H32N2O4S. The van der Waals surface area contributed by atoms with Gasteiger partial charge in [-0.1, -0.05) is 38.1 Å². The van der Waals surface area contributed by atoms with Crippen molar-refractivity contribution < 1.29 is 17.9 Å². The minimum atomic E-state index is -3.30. The summed E-state index contributed by atoms with van der Waals surface area (Å²) in [6.45, 7) is 5.45. The van der Waals surface area contributed by atoms with Gasteiger partial charge < -0.3 is 10.1 Å². The monoisotopic (exact) mass is 444 g/mol. The number of ether oxygens (including phenoxy) is 1. The first kappa shape index (κ1) is 23.3. The third-order valence-corrected chi connectivity index (χ3v) is 7.40. The lowest BCUT2D eigenvalue weighted by molar-refractivity contribution is 0.0932. The maximum Gasteiger partial charge on any atom is 0.251 e. The minimum Gasteiger partial charge on any atom is -0.497 e. The van der Waals surface area contributed by atoms with Crippen LogP contribution in [0.3, 0.4) is 0 Å². The van der Waals surface area contributed by atoms with Gasteiger partial charge in [0.05, 0.1) is 18.9 Å². The van der Waals surface area contributed by atoms with Crippen LogP contribution >= 0.6 is 0 Å². The number of carbonyl (C=O) groups excluding carboxylic acids is 1. The first-order valence-corrected chi connectivity index (χ1v) is 12.4. The van der Waals surface area contributed by atoms with Crippen molar-refractivity contribution in [1.82, 2.24) is 9.62 Å². The van der Waals surface area contributed by atoms with E-state index < -0.39 is 10.0 Å². The van der Waals surface area contributed by atoms with E-state index in [0.717, 1.165) is 30.6 Å². The molecule has 1 aliphatic rings. The van der Waals surface area contributed by atoms with Gasteiger partial charge in [0, 0.05) is 18.7 Å². The lowest BCUT2D eigenvalue weighted by Gasteiger charge is -2.21. The molecule has 0 unspecified atom stereocenters. The number of hydrogen-bond acceptors (Lipinski definition) is 4. The van der Waals surface area contributed by atoms with Gasteiger partial charge in [0.25, 0.3) is 5.91 Å². The van der Waals surface area contributed by atoms with Gasteiger partial charge in [-0.2, -0.15) is 0 Å². The molecule has 0 saturated carbocycles. The molecular weight excluding hydrogens is 412 g/mol. The Bertz CT molecular complexity index is 964. The number of methoxy groups -OCH3 is 1. The van der Waals surface area contributed by atoms with Crippen LogP contribution < -0.4 is 10.1 Å². The molecule has 6 nitrogen and oxygen atoms in total. The average molecular weight is 445 g/mol. The third kappa shape index (κ3) is 6.31. The van der Waals surface area contributed by atoms with E-state index in [1.54, 1.807) is 35.7 Å². The summed E-state index contributed by atoms with van der Waals surface area (Å²) in [5.41, 5.74) is 2.23. The molecule has 0 radical (unpaired) electrons. The van der Waals surface area contributed by atoms with Crippen molar-refractivity contribution in [3.8, 4) is 5.75 Å². The number of carbonyl (C=O) groups is 1. The molecule has 7 heteroatoms. The van der Waals surface area contributed by atoms with Crippen molar-refractivity contribution in [2.24, 2.45) is 5.92 Å². The van der Waals surface area contributed by atoms with E-state index >= 15 is 0 Å². The number of amides is 1. The molecule has 1 heterocycles.